The number of aromatic nitrogens is 1. The van der Waals surface area contributed by atoms with E-state index >= 15 is 0 Å². The van der Waals surface area contributed by atoms with Crippen molar-refractivity contribution in [3.05, 3.63) is 57.8 Å². The minimum Gasteiger partial charge on any atom is -0.481 e. The molecule has 0 radical (unpaired) electrons. The first-order valence-electron chi connectivity index (χ1n) is 7.85. The SMILES string of the molecule is Cc1cc([N+](=O)[O-])ccc1-n1cc(CC(=O)O)c2cc3c(cc21)OCO3. The van der Waals surface area contributed by atoms with Crippen molar-refractivity contribution < 1.29 is 24.3 Å². The maximum atomic E-state index is 11.2. The highest BCUT2D eigenvalue weighted by molar-refractivity contribution is 5.91. The van der Waals surface area contributed by atoms with Crippen LogP contribution in [0.1, 0.15) is 11.1 Å². The third-order valence-electron chi connectivity index (χ3n) is 4.37. The molecule has 26 heavy (non-hydrogen) atoms. The Morgan fingerprint density at radius 2 is 2.00 bits per heavy atom. The molecule has 1 aromatic heterocycles. The number of benzene rings is 2. The van der Waals surface area contributed by atoms with Crippen LogP contribution in [0.3, 0.4) is 0 Å². The lowest BCUT2D eigenvalue weighted by molar-refractivity contribution is -0.384. The van der Waals surface area contributed by atoms with E-state index in [0.717, 1.165) is 16.6 Å². The van der Waals surface area contributed by atoms with E-state index in [1.807, 2.05) is 4.57 Å². The highest BCUT2D eigenvalue weighted by atomic mass is 16.7. The minimum atomic E-state index is -0.942. The van der Waals surface area contributed by atoms with Crippen molar-refractivity contribution in [2.75, 3.05) is 6.79 Å². The third kappa shape index (κ3) is 2.52. The minimum absolute atomic E-state index is 0.00564. The average Bonchev–Trinajstić information content (AvgIpc) is 3.17. The Hall–Kier alpha value is -3.55. The Kier molecular flexibility index (Phi) is 3.54. The molecule has 8 nitrogen and oxygen atoms in total. The van der Waals surface area contributed by atoms with Crippen LogP contribution in [0.2, 0.25) is 0 Å². The van der Waals surface area contributed by atoms with E-state index in [2.05, 4.69) is 0 Å². The Balaban J connectivity index is 1.95. The predicted molar refractivity (Wildman–Crippen MR) is 92.1 cm³/mol. The molecule has 0 fully saturated rings. The summed E-state index contributed by atoms with van der Waals surface area (Å²) >= 11 is 0. The van der Waals surface area contributed by atoms with Crippen LogP contribution in [-0.2, 0) is 11.2 Å². The standard InChI is InChI=1S/C18H14N2O6/c1-10-4-12(20(23)24)2-3-14(10)19-8-11(5-18(21)22)13-6-16-17(7-15(13)19)26-9-25-16/h2-4,6-8H,5,9H2,1H3,(H,21,22). The number of fused-ring (bicyclic) bond motifs is 2. The Bertz CT molecular complexity index is 1070. The van der Waals surface area contributed by atoms with Gasteiger partial charge in [-0.3, -0.25) is 14.9 Å². The van der Waals surface area contributed by atoms with Gasteiger partial charge in [0.2, 0.25) is 6.79 Å². The summed E-state index contributed by atoms with van der Waals surface area (Å²) < 4.78 is 12.6. The first-order chi connectivity index (χ1) is 12.4. The van der Waals surface area contributed by atoms with E-state index in [0.29, 0.717) is 22.6 Å². The van der Waals surface area contributed by atoms with Crippen molar-refractivity contribution >= 4 is 22.6 Å². The van der Waals surface area contributed by atoms with Gasteiger partial charge in [0, 0.05) is 35.5 Å². The molecular weight excluding hydrogens is 340 g/mol. The number of aliphatic carboxylic acids is 1. The van der Waals surface area contributed by atoms with Gasteiger partial charge in [-0.2, -0.15) is 0 Å². The van der Waals surface area contributed by atoms with Crippen molar-refractivity contribution in [1.29, 1.82) is 0 Å². The lowest BCUT2D eigenvalue weighted by Gasteiger charge is -2.09. The molecule has 0 unspecified atom stereocenters. The van der Waals surface area contributed by atoms with Crippen LogP contribution >= 0.6 is 0 Å². The number of hydrogen-bond acceptors (Lipinski definition) is 5. The van der Waals surface area contributed by atoms with Crippen LogP contribution in [0.4, 0.5) is 5.69 Å². The lowest BCUT2D eigenvalue weighted by atomic mass is 10.1. The summed E-state index contributed by atoms with van der Waals surface area (Å²) in [7, 11) is 0. The van der Waals surface area contributed by atoms with Gasteiger partial charge in [-0.1, -0.05) is 0 Å². The fraction of sp³-hybridized carbons (Fsp3) is 0.167. The Labute approximate surface area is 147 Å². The molecule has 0 saturated carbocycles. The maximum Gasteiger partial charge on any atom is 0.307 e. The van der Waals surface area contributed by atoms with Gasteiger partial charge < -0.3 is 19.1 Å². The summed E-state index contributed by atoms with van der Waals surface area (Å²) in [5.74, 6) is 0.211. The molecule has 0 spiro atoms. The number of nitro benzene ring substituents is 1. The summed E-state index contributed by atoms with van der Waals surface area (Å²) in [6, 6.07) is 8.14. The first kappa shape index (κ1) is 15.9. The van der Waals surface area contributed by atoms with Gasteiger partial charge in [0.05, 0.1) is 16.9 Å². The molecular formula is C18H14N2O6. The van der Waals surface area contributed by atoms with Gasteiger partial charge in [-0.15, -0.1) is 0 Å². The second-order valence-electron chi connectivity index (χ2n) is 6.05. The van der Waals surface area contributed by atoms with Crippen LogP contribution in [0.25, 0.3) is 16.6 Å². The average molecular weight is 354 g/mol. The van der Waals surface area contributed by atoms with Gasteiger partial charge in [-0.05, 0) is 30.2 Å². The predicted octanol–water partition coefficient (Wildman–Crippen LogP) is 3.20. The zero-order chi connectivity index (χ0) is 18.4. The highest BCUT2D eigenvalue weighted by Crippen LogP contribution is 2.39. The second kappa shape index (κ2) is 5.76. The van der Waals surface area contributed by atoms with E-state index < -0.39 is 10.9 Å². The fourth-order valence-corrected chi connectivity index (χ4v) is 3.21. The number of non-ortho nitro benzene ring substituents is 1. The number of ether oxygens (including phenoxy) is 2. The van der Waals surface area contributed by atoms with Crippen LogP contribution in [0.15, 0.2) is 36.5 Å². The molecule has 0 aliphatic carbocycles. The van der Waals surface area contributed by atoms with Crippen LogP contribution in [-0.4, -0.2) is 27.4 Å². The number of rotatable bonds is 4. The molecule has 3 aromatic rings. The zero-order valence-corrected chi connectivity index (χ0v) is 13.8. The van der Waals surface area contributed by atoms with Gasteiger partial charge in [0.25, 0.3) is 5.69 Å². The normalized spacial score (nSPS) is 12.5. The zero-order valence-electron chi connectivity index (χ0n) is 13.8. The van der Waals surface area contributed by atoms with Crippen molar-refractivity contribution in [1.82, 2.24) is 4.57 Å². The fourth-order valence-electron chi connectivity index (χ4n) is 3.21. The molecule has 8 heteroatoms. The van der Waals surface area contributed by atoms with E-state index in [1.54, 1.807) is 31.3 Å². The number of aryl methyl sites for hydroxylation is 1. The maximum absolute atomic E-state index is 11.2. The largest absolute Gasteiger partial charge is 0.481 e. The monoisotopic (exact) mass is 354 g/mol. The molecule has 0 amide bonds. The van der Waals surface area contributed by atoms with Crippen LogP contribution in [0, 0.1) is 17.0 Å². The van der Waals surface area contributed by atoms with Gasteiger partial charge in [0.1, 0.15) is 0 Å². The first-order valence-corrected chi connectivity index (χ1v) is 7.85. The summed E-state index contributed by atoms with van der Waals surface area (Å²) in [6.45, 7) is 1.89. The molecule has 1 N–H and O–H groups in total. The smallest absolute Gasteiger partial charge is 0.307 e. The summed E-state index contributed by atoms with van der Waals surface area (Å²) in [4.78, 5) is 21.8. The highest BCUT2D eigenvalue weighted by Gasteiger charge is 2.21. The molecule has 2 aromatic carbocycles. The summed E-state index contributed by atoms with van der Waals surface area (Å²) in [5.41, 5.74) is 2.82. The number of nitro groups is 1. The van der Waals surface area contributed by atoms with Crippen molar-refractivity contribution in [3.8, 4) is 17.2 Å². The molecule has 132 valence electrons. The van der Waals surface area contributed by atoms with Gasteiger partial charge >= 0.3 is 5.97 Å². The van der Waals surface area contributed by atoms with Crippen LogP contribution in [0.5, 0.6) is 11.5 Å². The second-order valence-corrected chi connectivity index (χ2v) is 6.05. The molecule has 2 heterocycles. The van der Waals surface area contributed by atoms with E-state index in [1.165, 1.54) is 12.1 Å². The third-order valence-corrected chi connectivity index (χ3v) is 4.37. The molecule has 0 saturated heterocycles. The molecule has 1 aliphatic heterocycles. The van der Waals surface area contributed by atoms with E-state index in [4.69, 9.17) is 9.47 Å². The van der Waals surface area contributed by atoms with Gasteiger partial charge in [-0.25, -0.2) is 0 Å². The lowest BCUT2D eigenvalue weighted by Crippen LogP contribution is -2.00. The topological polar surface area (TPSA) is 104 Å². The van der Waals surface area contributed by atoms with Crippen molar-refractivity contribution in [2.24, 2.45) is 0 Å². The number of carboxylic acid groups (broad SMARTS) is 1. The number of hydrogen-bond donors (Lipinski definition) is 1. The van der Waals surface area contributed by atoms with Crippen molar-refractivity contribution in [2.45, 2.75) is 13.3 Å². The van der Waals surface area contributed by atoms with Crippen LogP contribution < -0.4 is 9.47 Å². The molecule has 0 atom stereocenters. The quantitative estimate of drug-likeness (QED) is 0.570. The number of carbonyl (C=O) groups is 1. The Morgan fingerprint density at radius 3 is 2.65 bits per heavy atom. The van der Waals surface area contributed by atoms with E-state index in [-0.39, 0.29) is 18.9 Å². The van der Waals surface area contributed by atoms with Crippen molar-refractivity contribution in [3.63, 3.8) is 0 Å². The summed E-state index contributed by atoms with van der Waals surface area (Å²) in [6.07, 6.45) is 1.59. The molecule has 0 bridgehead atoms. The number of nitrogens with zero attached hydrogens (tertiary/aromatic N) is 2. The molecule has 1 aliphatic rings. The summed E-state index contributed by atoms with van der Waals surface area (Å²) in [5, 5.41) is 20.9. The Morgan fingerprint density at radius 1 is 1.27 bits per heavy atom. The van der Waals surface area contributed by atoms with Gasteiger partial charge in [0.15, 0.2) is 11.5 Å². The van der Waals surface area contributed by atoms with E-state index in [9.17, 15) is 20.0 Å². The number of carboxylic acids is 1. The molecule has 4 rings (SSSR count).